The topological polar surface area (TPSA) is 41.1 Å². The average molecular weight is 180 g/mol. The maximum absolute atomic E-state index is 4.23. The van der Waals surface area contributed by atoms with Crippen molar-refractivity contribution in [2.24, 2.45) is 0 Å². The highest BCUT2D eigenvalue weighted by molar-refractivity contribution is 5.32. The number of aromatic nitrogens is 2. The average Bonchev–Trinajstić information content (AvgIpc) is 2.03. The molecule has 0 saturated carbocycles. The number of hydrogen-bond donors (Lipinski definition) is 1. The van der Waals surface area contributed by atoms with Crippen molar-refractivity contribution in [1.82, 2.24) is 14.9 Å². The van der Waals surface area contributed by atoms with Crippen molar-refractivity contribution < 1.29 is 0 Å². The summed E-state index contributed by atoms with van der Waals surface area (Å²) in [6, 6.07) is 1.88. The summed E-state index contributed by atoms with van der Waals surface area (Å²) < 4.78 is 0. The first-order valence-electron chi connectivity index (χ1n) is 4.37. The first-order valence-corrected chi connectivity index (χ1v) is 4.37. The van der Waals surface area contributed by atoms with Crippen molar-refractivity contribution in [2.75, 3.05) is 32.5 Å². The molecule has 4 nitrogen and oxygen atoms in total. The lowest BCUT2D eigenvalue weighted by atomic mass is 10.5. The standard InChI is InChI=1S/C9H16N4/c1-8-10-5-4-9(12-8)11-6-7-13(2)3/h4-5H,6-7H2,1-3H3,(H,10,11,12). The normalized spacial score (nSPS) is 10.5. The molecule has 0 aliphatic heterocycles. The molecule has 1 heterocycles. The molecule has 0 unspecified atom stereocenters. The molecule has 1 N–H and O–H groups in total. The number of rotatable bonds is 4. The summed E-state index contributed by atoms with van der Waals surface area (Å²) in [4.78, 5) is 10.4. The zero-order valence-electron chi connectivity index (χ0n) is 8.41. The van der Waals surface area contributed by atoms with E-state index in [-0.39, 0.29) is 0 Å². The van der Waals surface area contributed by atoms with Crippen LogP contribution >= 0.6 is 0 Å². The summed E-state index contributed by atoms with van der Waals surface area (Å²) in [6.45, 7) is 3.80. The largest absolute Gasteiger partial charge is 0.369 e. The van der Waals surface area contributed by atoms with E-state index in [0.29, 0.717) is 0 Å². The van der Waals surface area contributed by atoms with Crippen LogP contribution in [0.1, 0.15) is 5.82 Å². The minimum atomic E-state index is 0.801. The maximum Gasteiger partial charge on any atom is 0.129 e. The summed E-state index contributed by atoms with van der Waals surface area (Å²) in [7, 11) is 4.10. The minimum absolute atomic E-state index is 0.801. The van der Waals surface area contributed by atoms with Crippen molar-refractivity contribution in [3.8, 4) is 0 Å². The zero-order valence-corrected chi connectivity index (χ0v) is 8.41. The van der Waals surface area contributed by atoms with E-state index in [9.17, 15) is 0 Å². The van der Waals surface area contributed by atoms with Gasteiger partial charge in [0.05, 0.1) is 0 Å². The molecule has 0 aliphatic rings. The predicted octanol–water partition coefficient (Wildman–Crippen LogP) is 0.759. The Morgan fingerprint density at radius 2 is 2.23 bits per heavy atom. The van der Waals surface area contributed by atoms with Gasteiger partial charge in [0, 0.05) is 19.3 Å². The number of hydrogen-bond acceptors (Lipinski definition) is 4. The molecule has 72 valence electrons. The molecular formula is C9H16N4. The van der Waals surface area contributed by atoms with Crippen LogP contribution in [0.3, 0.4) is 0 Å². The van der Waals surface area contributed by atoms with Gasteiger partial charge in [0.25, 0.3) is 0 Å². The number of aryl methyl sites for hydroxylation is 1. The lowest BCUT2D eigenvalue weighted by molar-refractivity contribution is 0.425. The Kier molecular flexibility index (Phi) is 3.64. The van der Waals surface area contributed by atoms with Crippen LogP contribution in [-0.2, 0) is 0 Å². The van der Waals surface area contributed by atoms with Gasteiger partial charge >= 0.3 is 0 Å². The van der Waals surface area contributed by atoms with Crippen LogP contribution in [0.4, 0.5) is 5.82 Å². The third-order valence-electron chi connectivity index (χ3n) is 1.64. The number of anilines is 1. The van der Waals surface area contributed by atoms with Gasteiger partial charge in [-0.3, -0.25) is 0 Å². The first kappa shape index (κ1) is 9.92. The molecule has 0 aromatic carbocycles. The van der Waals surface area contributed by atoms with Gasteiger partial charge in [0.1, 0.15) is 11.6 Å². The van der Waals surface area contributed by atoms with E-state index in [4.69, 9.17) is 0 Å². The van der Waals surface area contributed by atoms with Gasteiger partial charge in [0.15, 0.2) is 0 Å². The van der Waals surface area contributed by atoms with Crippen LogP contribution in [0.25, 0.3) is 0 Å². The van der Waals surface area contributed by atoms with Gasteiger partial charge in [-0.1, -0.05) is 0 Å². The van der Waals surface area contributed by atoms with Crippen molar-refractivity contribution in [1.29, 1.82) is 0 Å². The fraction of sp³-hybridized carbons (Fsp3) is 0.556. The van der Waals surface area contributed by atoms with E-state index >= 15 is 0 Å². The van der Waals surface area contributed by atoms with Crippen molar-refractivity contribution in [3.05, 3.63) is 18.1 Å². The molecular weight excluding hydrogens is 164 g/mol. The fourth-order valence-corrected chi connectivity index (χ4v) is 0.962. The van der Waals surface area contributed by atoms with Crippen LogP contribution in [0.5, 0.6) is 0 Å². The highest BCUT2D eigenvalue weighted by Crippen LogP contribution is 1.99. The molecule has 0 amide bonds. The highest BCUT2D eigenvalue weighted by atomic mass is 15.1. The van der Waals surface area contributed by atoms with Gasteiger partial charge in [-0.15, -0.1) is 0 Å². The number of likely N-dealkylation sites (N-methyl/N-ethyl adjacent to an activating group) is 1. The summed E-state index contributed by atoms with van der Waals surface area (Å²) in [5.74, 6) is 1.70. The van der Waals surface area contributed by atoms with Gasteiger partial charge < -0.3 is 10.2 Å². The van der Waals surface area contributed by atoms with Crippen LogP contribution in [0.2, 0.25) is 0 Å². The first-order chi connectivity index (χ1) is 6.18. The number of nitrogens with one attached hydrogen (secondary N) is 1. The summed E-state index contributed by atoms with van der Waals surface area (Å²) in [6.07, 6.45) is 1.76. The molecule has 1 aromatic heterocycles. The van der Waals surface area contributed by atoms with Crippen molar-refractivity contribution in [2.45, 2.75) is 6.92 Å². The monoisotopic (exact) mass is 180 g/mol. The highest BCUT2D eigenvalue weighted by Gasteiger charge is 1.94. The molecule has 0 spiro atoms. The Hall–Kier alpha value is -1.16. The summed E-state index contributed by atoms with van der Waals surface area (Å²) in [5, 5.41) is 3.22. The van der Waals surface area contributed by atoms with E-state index in [1.807, 2.05) is 27.1 Å². The van der Waals surface area contributed by atoms with Gasteiger partial charge in [-0.25, -0.2) is 9.97 Å². The molecule has 0 aliphatic carbocycles. The molecule has 0 saturated heterocycles. The lowest BCUT2D eigenvalue weighted by Gasteiger charge is -2.10. The Balaban J connectivity index is 2.37. The van der Waals surface area contributed by atoms with Crippen LogP contribution < -0.4 is 5.32 Å². The second kappa shape index (κ2) is 4.77. The summed E-state index contributed by atoms with van der Waals surface area (Å²) in [5.41, 5.74) is 0. The molecule has 1 rings (SSSR count). The Morgan fingerprint density at radius 1 is 1.46 bits per heavy atom. The molecule has 1 aromatic rings. The Bertz CT molecular complexity index is 260. The summed E-state index contributed by atoms with van der Waals surface area (Å²) >= 11 is 0. The molecule has 0 bridgehead atoms. The van der Waals surface area contributed by atoms with Crippen molar-refractivity contribution >= 4 is 5.82 Å². The van der Waals surface area contributed by atoms with Crippen LogP contribution in [0, 0.1) is 6.92 Å². The second-order valence-corrected chi connectivity index (χ2v) is 3.22. The third-order valence-corrected chi connectivity index (χ3v) is 1.64. The second-order valence-electron chi connectivity index (χ2n) is 3.22. The SMILES string of the molecule is Cc1nccc(NCCN(C)C)n1. The van der Waals surface area contributed by atoms with E-state index in [1.165, 1.54) is 0 Å². The zero-order chi connectivity index (χ0) is 9.68. The third kappa shape index (κ3) is 3.85. The van der Waals surface area contributed by atoms with E-state index in [0.717, 1.165) is 24.7 Å². The van der Waals surface area contributed by atoms with Gasteiger partial charge in [-0.2, -0.15) is 0 Å². The molecule has 13 heavy (non-hydrogen) atoms. The lowest BCUT2D eigenvalue weighted by Crippen LogP contribution is -2.21. The van der Waals surface area contributed by atoms with Gasteiger partial charge in [0.2, 0.25) is 0 Å². The molecule has 0 radical (unpaired) electrons. The van der Waals surface area contributed by atoms with Gasteiger partial charge in [-0.05, 0) is 27.1 Å². The fourth-order valence-electron chi connectivity index (χ4n) is 0.962. The Labute approximate surface area is 79.0 Å². The Morgan fingerprint density at radius 3 is 2.85 bits per heavy atom. The van der Waals surface area contributed by atoms with Crippen LogP contribution in [0.15, 0.2) is 12.3 Å². The quantitative estimate of drug-likeness (QED) is 0.742. The molecule has 0 atom stereocenters. The maximum atomic E-state index is 4.23. The van der Waals surface area contributed by atoms with Crippen LogP contribution in [-0.4, -0.2) is 42.1 Å². The van der Waals surface area contributed by atoms with E-state index in [2.05, 4.69) is 20.2 Å². The smallest absolute Gasteiger partial charge is 0.129 e. The molecule has 4 heteroatoms. The van der Waals surface area contributed by atoms with E-state index in [1.54, 1.807) is 6.20 Å². The number of nitrogens with zero attached hydrogens (tertiary/aromatic N) is 3. The van der Waals surface area contributed by atoms with Crippen molar-refractivity contribution in [3.63, 3.8) is 0 Å². The molecule has 0 fully saturated rings. The predicted molar refractivity (Wildman–Crippen MR) is 53.8 cm³/mol. The van der Waals surface area contributed by atoms with E-state index < -0.39 is 0 Å². The minimum Gasteiger partial charge on any atom is -0.369 e.